The Bertz CT molecular complexity index is 2290. The van der Waals surface area contributed by atoms with Gasteiger partial charge < -0.3 is 0 Å². The van der Waals surface area contributed by atoms with E-state index in [9.17, 15) is 0 Å². The van der Waals surface area contributed by atoms with Crippen LogP contribution in [0, 0.1) is 12.1 Å². The Balaban J connectivity index is 0.000000227. The molecular formula is C55H62Cl2Zr. The van der Waals surface area contributed by atoms with E-state index in [1.807, 2.05) is 12.2 Å². The number of rotatable bonds is 2. The van der Waals surface area contributed by atoms with Gasteiger partial charge in [-0.05, 0) is 39.4 Å². The van der Waals surface area contributed by atoms with E-state index in [1.165, 1.54) is 105 Å². The molecule has 300 valence electrons. The number of halogens is 2. The minimum absolute atomic E-state index is 0. The molecule has 0 nitrogen and oxygen atoms in total. The summed E-state index contributed by atoms with van der Waals surface area (Å²) in [5.74, 6) is 0. The molecule has 0 saturated heterocycles. The Hall–Kier alpha value is -3.35. The molecule has 0 atom stereocenters. The summed E-state index contributed by atoms with van der Waals surface area (Å²) in [7, 11) is 0. The van der Waals surface area contributed by atoms with Crippen LogP contribution in [-0.2, 0) is 52.3 Å². The van der Waals surface area contributed by atoms with Crippen molar-refractivity contribution >= 4 is 49.6 Å². The van der Waals surface area contributed by atoms with Crippen molar-refractivity contribution in [1.29, 1.82) is 0 Å². The Morgan fingerprint density at radius 2 is 1.00 bits per heavy atom. The number of allylic oxidation sites excluding steroid dienone is 4. The van der Waals surface area contributed by atoms with Gasteiger partial charge in [-0.2, -0.15) is 23.8 Å². The van der Waals surface area contributed by atoms with Gasteiger partial charge in [0.2, 0.25) is 0 Å². The summed E-state index contributed by atoms with van der Waals surface area (Å²) in [4.78, 5) is 0. The zero-order chi connectivity index (χ0) is 40.6. The van der Waals surface area contributed by atoms with Crippen LogP contribution in [0.1, 0.15) is 134 Å². The molecule has 58 heavy (non-hydrogen) atoms. The molecule has 2 aliphatic carbocycles. The van der Waals surface area contributed by atoms with Gasteiger partial charge in [-0.3, -0.25) is 6.08 Å². The van der Waals surface area contributed by atoms with Crippen LogP contribution in [0.15, 0.2) is 121 Å². The average molecular weight is 885 g/mol. The van der Waals surface area contributed by atoms with Crippen LogP contribution in [-0.4, -0.2) is 3.21 Å². The standard InChI is InChI=1S/C29H41.C21H14.C5H5.2ClH.Zr/c1-26(2,3)22-14-18-13-19-15-23(27(4,5)6)25(29(10,11)12)17-21(19)20(18)16-24(22)28(7,8)9;1-3-13-20-16(7-1)9-5-11-18(20)15-19-12-6-10-17-8-2-4-14-21(17)19;1-2-4-5-3-1;;;/h14,16-17H,13H2,1-12H3;1-14H;1-3H,4H2;2*1H;/q-1;;-1;;;+2. The van der Waals surface area contributed by atoms with Crippen LogP contribution < -0.4 is 0 Å². The van der Waals surface area contributed by atoms with Gasteiger partial charge in [0.25, 0.3) is 0 Å². The van der Waals surface area contributed by atoms with Crippen LogP contribution in [0.25, 0.3) is 32.7 Å². The molecule has 6 aromatic rings. The summed E-state index contributed by atoms with van der Waals surface area (Å²) in [6.07, 6.45) is 11.0. The minimum atomic E-state index is 0. The van der Waals surface area contributed by atoms with Gasteiger partial charge in [0, 0.05) is 0 Å². The van der Waals surface area contributed by atoms with E-state index in [0.717, 1.165) is 12.8 Å². The summed E-state index contributed by atoms with van der Waals surface area (Å²) in [6, 6.07) is 41.8. The molecule has 0 fully saturated rings. The Morgan fingerprint density at radius 1 is 0.534 bits per heavy atom. The Labute approximate surface area is 377 Å². The van der Waals surface area contributed by atoms with E-state index < -0.39 is 0 Å². The molecule has 0 aliphatic heterocycles. The fraction of sp³-hybridized carbons (Fsp3) is 0.327. The van der Waals surface area contributed by atoms with Gasteiger partial charge in [0.1, 0.15) is 0 Å². The monoisotopic (exact) mass is 882 g/mol. The van der Waals surface area contributed by atoms with Gasteiger partial charge in [0.05, 0.1) is 0 Å². The third-order valence-corrected chi connectivity index (χ3v) is 12.3. The normalized spacial score (nSPS) is 13.1. The van der Waals surface area contributed by atoms with Crippen molar-refractivity contribution < 1.29 is 24.2 Å². The molecule has 0 unspecified atom stereocenters. The second-order valence-electron chi connectivity index (χ2n) is 19.6. The summed E-state index contributed by atoms with van der Waals surface area (Å²) in [5.41, 5.74) is 14.7. The van der Waals surface area contributed by atoms with Gasteiger partial charge in [-0.25, -0.2) is 12.2 Å². The molecule has 0 radical (unpaired) electrons. The van der Waals surface area contributed by atoms with Gasteiger partial charge >= 0.3 is 145 Å². The second-order valence-corrected chi connectivity index (χ2v) is 20.8. The van der Waals surface area contributed by atoms with Gasteiger partial charge in [-0.15, -0.1) is 47.9 Å². The molecule has 3 heteroatoms. The van der Waals surface area contributed by atoms with Crippen LogP contribution in [0.5, 0.6) is 0 Å². The molecule has 0 aromatic heterocycles. The van der Waals surface area contributed by atoms with E-state index in [4.69, 9.17) is 0 Å². The Morgan fingerprint density at radius 3 is 1.43 bits per heavy atom. The molecule has 0 spiro atoms. The maximum absolute atomic E-state index is 3.90. The van der Waals surface area contributed by atoms with E-state index in [1.54, 1.807) is 0 Å². The van der Waals surface area contributed by atoms with Crippen molar-refractivity contribution in [3.63, 3.8) is 0 Å². The molecule has 0 amide bonds. The number of fused-ring (bicyclic) bond motifs is 5. The van der Waals surface area contributed by atoms with Crippen molar-refractivity contribution in [3.05, 3.63) is 178 Å². The van der Waals surface area contributed by atoms with Crippen molar-refractivity contribution in [2.24, 2.45) is 0 Å². The number of hydrogen-bond acceptors (Lipinski definition) is 0. The van der Waals surface area contributed by atoms with Crippen LogP contribution >= 0.6 is 24.8 Å². The molecule has 0 heterocycles. The third kappa shape index (κ3) is 10.5. The quantitative estimate of drug-likeness (QED) is 0.152. The van der Waals surface area contributed by atoms with Crippen LogP contribution in [0.3, 0.4) is 0 Å². The first-order valence-electron chi connectivity index (χ1n) is 20.3. The first-order chi connectivity index (χ1) is 26.2. The average Bonchev–Trinajstić information content (AvgIpc) is 3.84. The molecule has 0 bridgehead atoms. The third-order valence-electron chi connectivity index (χ3n) is 10.9. The van der Waals surface area contributed by atoms with E-state index in [2.05, 4.69) is 204 Å². The summed E-state index contributed by atoms with van der Waals surface area (Å²) >= 11 is 1.44. The zero-order valence-corrected chi connectivity index (χ0v) is 40.9. The number of hydrogen-bond donors (Lipinski definition) is 0. The molecular weight excluding hydrogens is 823 g/mol. The topological polar surface area (TPSA) is 0 Å². The van der Waals surface area contributed by atoms with Gasteiger partial charge in [0.15, 0.2) is 0 Å². The first kappa shape index (κ1) is 47.3. The first-order valence-corrected chi connectivity index (χ1v) is 21.5. The van der Waals surface area contributed by atoms with E-state index >= 15 is 0 Å². The van der Waals surface area contributed by atoms with Crippen LogP contribution in [0.4, 0.5) is 0 Å². The fourth-order valence-electron chi connectivity index (χ4n) is 8.00. The molecule has 6 aromatic carbocycles. The van der Waals surface area contributed by atoms with Crippen LogP contribution in [0.2, 0.25) is 0 Å². The second kappa shape index (κ2) is 18.5. The predicted octanol–water partition coefficient (Wildman–Crippen LogP) is 15.5. The summed E-state index contributed by atoms with van der Waals surface area (Å²) in [5, 5.41) is 5.29. The van der Waals surface area contributed by atoms with E-state index in [0.29, 0.717) is 0 Å². The maximum atomic E-state index is 3.90. The molecule has 8 rings (SSSR count). The van der Waals surface area contributed by atoms with Crippen molar-refractivity contribution in [3.8, 4) is 11.1 Å². The SMILES string of the molecule is CC(C)(C)c1[c-]c2c(cc1C(C)(C)C)-c1cc(C(C)(C)C)c(C(C)(C)C)cc1C2.Cl.Cl.[C-]1=CC=CC1.[Zr+2]=[C](c1cccc2ccccc12)c1cccc2ccccc12. The van der Waals surface area contributed by atoms with Crippen molar-refractivity contribution in [1.82, 2.24) is 0 Å². The predicted molar refractivity (Wildman–Crippen MR) is 255 cm³/mol. The number of benzene rings is 6. The zero-order valence-electron chi connectivity index (χ0n) is 36.8. The summed E-state index contributed by atoms with van der Waals surface area (Å²) < 4.78 is 1.42. The van der Waals surface area contributed by atoms with Crippen molar-refractivity contribution in [2.75, 3.05) is 0 Å². The van der Waals surface area contributed by atoms with Gasteiger partial charge in [-0.1, -0.05) is 106 Å². The molecule has 0 N–H and O–H groups in total. The molecule has 0 saturated carbocycles. The summed E-state index contributed by atoms with van der Waals surface area (Å²) in [6.45, 7) is 28.0. The van der Waals surface area contributed by atoms with E-state index in [-0.39, 0.29) is 46.5 Å². The Kier molecular flexibility index (Phi) is 15.1. The fourth-order valence-corrected chi connectivity index (χ4v) is 9.07. The molecule has 2 aliphatic rings. The van der Waals surface area contributed by atoms with Crippen molar-refractivity contribution in [2.45, 2.75) is 118 Å².